The molecular weight excluding hydrogens is 444 g/mol. The van der Waals surface area contributed by atoms with Crippen LogP contribution in [0.3, 0.4) is 0 Å². The molecule has 0 saturated carbocycles. The van der Waals surface area contributed by atoms with E-state index in [4.69, 9.17) is 0 Å². The van der Waals surface area contributed by atoms with Gasteiger partial charge in [0.1, 0.15) is 0 Å². The van der Waals surface area contributed by atoms with Crippen LogP contribution in [0.4, 0.5) is 11.4 Å². The molecule has 3 aromatic carbocycles. The number of nitrogens with zero attached hydrogens (tertiary/aromatic N) is 1. The molecule has 0 aromatic heterocycles. The maximum atomic E-state index is 12.9. The second-order valence-electron chi connectivity index (χ2n) is 7.46. The number of ketones is 1. The summed E-state index contributed by atoms with van der Waals surface area (Å²) in [6.07, 6.45) is 0.264. The lowest BCUT2D eigenvalue weighted by Gasteiger charge is -2.21. The second-order valence-corrected chi connectivity index (χ2v) is 8.37. The van der Waals surface area contributed by atoms with Crippen molar-refractivity contribution in [1.82, 2.24) is 0 Å². The first kappa shape index (κ1) is 21.7. The molecule has 154 valence electrons. The van der Waals surface area contributed by atoms with Gasteiger partial charge in [-0.1, -0.05) is 66.2 Å². The molecular formula is C24H23BrN2O3. The van der Waals surface area contributed by atoms with Crippen molar-refractivity contribution in [1.29, 1.82) is 0 Å². The summed E-state index contributed by atoms with van der Waals surface area (Å²) >= 11 is 3.39. The van der Waals surface area contributed by atoms with Crippen LogP contribution in [0.15, 0.2) is 77.3 Å². The predicted octanol–water partition coefficient (Wildman–Crippen LogP) is 6.91. The highest BCUT2D eigenvalue weighted by atomic mass is 79.9. The van der Waals surface area contributed by atoms with Gasteiger partial charge in [-0.15, -0.1) is 0 Å². The number of non-ortho nitro benzene ring substituents is 1. The number of rotatable bonds is 8. The van der Waals surface area contributed by atoms with Gasteiger partial charge >= 0.3 is 0 Å². The summed E-state index contributed by atoms with van der Waals surface area (Å²) in [5.74, 6) is 0.444. The average Bonchev–Trinajstić information content (AvgIpc) is 2.74. The molecule has 0 amide bonds. The van der Waals surface area contributed by atoms with Crippen molar-refractivity contribution in [2.45, 2.75) is 32.2 Å². The van der Waals surface area contributed by atoms with Crippen LogP contribution in [-0.4, -0.2) is 10.7 Å². The summed E-state index contributed by atoms with van der Waals surface area (Å²) in [6.45, 7) is 4.28. The summed E-state index contributed by atoms with van der Waals surface area (Å²) in [6, 6.07) is 21.5. The van der Waals surface area contributed by atoms with Gasteiger partial charge in [0.2, 0.25) is 0 Å². The fourth-order valence-corrected chi connectivity index (χ4v) is 3.45. The lowest BCUT2D eigenvalue weighted by Crippen LogP contribution is -2.16. The third-order valence-electron chi connectivity index (χ3n) is 4.98. The molecule has 0 aliphatic carbocycles. The molecule has 0 fully saturated rings. The molecule has 6 heteroatoms. The number of hydrogen-bond donors (Lipinski definition) is 1. The molecule has 3 aromatic rings. The van der Waals surface area contributed by atoms with E-state index < -0.39 is 4.92 Å². The number of nitro groups is 1. The van der Waals surface area contributed by atoms with E-state index in [2.05, 4.69) is 47.2 Å². The maximum Gasteiger partial charge on any atom is 0.269 e. The molecule has 1 N–H and O–H groups in total. The van der Waals surface area contributed by atoms with Gasteiger partial charge < -0.3 is 5.32 Å². The van der Waals surface area contributed by atoms with Crippen LogP contribution < -0.4 is 5.32 Å². The zero-order chi connectivity index (χ0) is 21.7. The van der Waals surface area contributed by atoms with Crippen molar-refractivity contribution in [3.63, 3.8) is 0 Å². The van der Waals surface area contributed by atoms with Crippen molar-refractivity contribution >= 4 is 33.1 Å². The number of Topliss-reactive ketones (excluding diaryl/α,β-unsaturated/α-hetero) is 1. The van der Waals surface area contributed by atoms with Crippen molar-refractivity contribution in [2.24, 2.45) is 0 Å². The van der Waals surface area contributed by atoms with Crippen molar-refractivity contribution in [2.75, 3.05) is 5.32 Å². The highest BCUT2D eigenvalue weighted by Crippen LogP contribution is 2.27. The number of anilines is 1. The molecule has 0 radical (unpaired) electrons. The van der Waals surface area contributed by atoms with E-state index in [0.29, 0.717) is 11.5 Å². The normalized spacial score (nSPS) is 11.9. The lowest BCUT2D eigenvalue weighted by atomic mass is 9.95. The summed E-state index contributed by atoms with van der Waals surface area (Å²) < 4.78 is 0.920. The van der Waals surface area contributed by atoms with Gasteiger partial charge in [-0.3, -0.25) is 14.9 Å². The SMILES string of the molecule is CC(C)c1ccc(C(CC(=O)c2ccc(Br)cc2)Nc2ccc([N+](=O)[O-])cc2)cc1. The largest absolute Gasteiger partial charge is 0.378 e. The Morgan fingerprint density at radius 2 is 1.50 bits per heavy atom. The highest BCUT2D eigenvalue weighted by Gasteiger charge is 2.18. The Morgan fingerprint density at radius 1 is 0.933 bits per heavy atom. The minimum atomic E-state index is -0.428. The standard InChI is InChI=1S/C24H23BrN2O3/c1-16(2)17-3-5-18(6-4-17)23(15-24(28)19-7-9-20(25)10-8-19)26-21-11-13-22(14-12-21)27(29)30/h3-14,16,23,26H,15H2,1-2H3. The van der Waals surface area contributed by atoms with Gasteiger partial charge in [0.25, 0.3) is 5.69 Å². The Kier molecular flexibility index (Phi) is 7.00. The fraction of sp³-hybridized carbons (Fsp3) is 0.208. The van der Waals surface area contributed by atoms with Crippen molar-refractivity contribution < 1.29 is 9.72 Å². The van der Waals surface area contributed by atoms with Crippen molar-refractivity contribution in [3.05, 3.63) is 104 Å². The predicted molar refractivity (Wildman–Crippen MR) is 123 cm³/mol. The molecule has 1 atom stereocenters. The summed E-state index contributed by atoms with van der Waals surface area (Å²) in [7, 11) is 0. The van der Waals surface area contributed by atoms with Crippen LogP contribution in [0.1, 0.15) is 53.7 Å². The minimum absolute atomic E-state index is 0.0230. The average molecular weight is 467 g/mol. The van der Waals surface area contributed by atoms with Crippen LogP contribution in [0.5, 0.6) is 0 Å². The van der Waals surface area contributed by atoms with Gasteiger partial charge in [0.05, 0.1) is 11.0 Å². The van der Waals surface area contributed by atoms with Crippen LogP contribution in [-0.2, 0) is 0 Å². The zero-order valence-corrected chi connectivity index (χ0v) is 18.4. The molecule has 3 rings (SSSR count). The lowest BCUT2D eigenvalue weighted by molar-refractivity contribution is -0.384. The van der Waals surface area contributed by atoms with Crippen LogP contribution in [0.2, 0.25) is 0 Å². The Morgan fingerprint density at radius 3 is 2.03 bits per heavy atom. The van der Waals surface area contributed by atoms with Crippen LogP contribution >= 0.6 is 15.9 Å². The molecule has 0 spiro atoms. The summed E-state index contributed by atoms with van der Waals surface area (Å²) in [4.78, 5) is 23.4. The fourth-order valence-electron chi connectivity index (χ4n) is 3.19. The van der Waals surface area contributed by atoms with Crippen molar-refractivity contribution in [3.8, 4) is 0 Å². The monoisotopic (exact) mass is 466 g/mol. The van der Waals surface area contributed by atoms with E-state index in [1.165, 1.54) is 17.7 Å². The molecule has 0 bridgehead atoms. The number of hydrogen-bond acceptors (Lipinski definition) is 4. The Balaban J connectivity index is 1.86. The molecule has 30 heavy (non-hydrogen) atoms. The number of halogens is 1. The first-order valence-electron chi connectivity index (χ1n) is 9.73. The quantitative estimate of drug-likeness (QED) is 0.222. The van der Waals surface area contributed by atoms with Crippen LogP contribution in [0, 0.1) is 10.1 Å². The third-order valence-corrected chi connectivity index (χ3v) is 5.51. The first-order valence-corrected chi connectivity index (χ1v) is 10.5. The minimum Gasteiger partial charge on any atom is -0.378 e. The second kappa shape index (κ2) is 9.67. The number of benzene rings is 3. The molecule has 0 aliphatic rings. The van der Waals surface area contributed by atoms with E-state index in [1.807, 2.05) is 24.3 Å². The topological polar surface area (TPSA) is 72.2 Å². The van der Waals surface area contributed by atoms with Gasteiger partial charge in [0, 0.05) is 34.3 Å². The van der Waals surface area contributed by atoms with E-state index in [-0.39, 0.29) is 23.9 Å². The van der Waals surface area contributed by atoms with Gasteiger partial charge in [0.15, 0.2) is 5.78 Å². The highest BCUT2D eigenvalue weighted by molar-refractivity contribution is 9.10. The maximum absolute atomic E-state index is 12.9. The van der Waals surface area contributed by atoms with E-state index >= 15 is 0 Å². The van der Waals surface area contributed by atoms with E-state index in [1.54, 1.807) is 24.3 Å². The summed E-state index contributed by atoms with van der Waals surface area (Å²) in [5, 5.41) is 14.3. The molecule has 0 saturated heterocycles. The molecule has 0 heterocycles. The number of carbonyl (C=O) groups excluding carboxylic acids is 1. The van der Waals surface area contributed by atoms with Gasteiger partial charge in [-0.05, 0) is 41.3 Å². The first-order chi connectivity index (χ1) is 14.3. The van der Waals surface area contributed by atoms with E-state index in [0.717, 1.165) is 15.7 Å². The Hall–Kier alpha value is -2.99. The molecule has 0 aliphatic heterocycles. The summed E-state index contributed by atoms with van der Waals surface area (Å²) in [5.41, 5.74) is 3.62. The van der Waals surface area contributed by atoms with Gasteiger partial charge in [-0.2, -0.15) is 0 Å². The Bertz CT molecular complexity index is 1010. The van der Waals surface area contributed by atoms with Crippen LogP contribution in [0.25, 0.3) is 0 Å². The zero-order valence-electron chi connectivity index (χ0n) is 16.8. The smallest absolute Gasteiger partial charge is 0.269 e. The molecule has 5 nitrogen and oxygen atoms in total. The Labute approximate surface area is 184 Å². The number of nitro benzene ring substituents is 1. The number of carbonyl (C=O) groups is 1. The molecule has 1 unspecified atom stereocenters. The van der Waals surface area contributed by atoms with E-state index in [9.17, 15) is 14.9 Å². The van der Waals surface area contributed by atoms with Gasteiger partial charge in [-0.25, -0.2) is 0 Å². The number of nitrogens with one attached hydrogen (secondary N) is 1. The third kappa shape index (κ3) is 5.54.